The number of benzene rings is 1. The van der Waals surface area contributed by atoms with Crippen LogP contribution in [0.5, 0.6) is 0 Å². The van der Waals surface area contributed by atoms with E-state index in [0.717, 1.165) is 57.4 Å². The van der Waals surface area contributed by atoms with Gasteiger partial charge in [-0.1, -0.05) is 31.0 Å². The third-order valence-electron chi connectivity index (χ3n) is 6.80. The third kappa shape index (κ3) is 4.69. The molecular formula is C23H33N5O3. The summed E-state index contributed by atoms with van der Waals surface area (Å²) in [7, 11) is 2.14. The van der Waals surface area contributed by atoms with E-state index in [4.69, 9.17) is 0 Å². The van der Waals surface area contributed by atoms with Crippen LogP contribution < -0.4 is 15.5 Å². The number of anilines is 1. The second-order valence-corrected chi connectivity index (χ2v) is 8.98. The Kier molecular flexibility index (Phi) is 6.46. The highest BCUT2D eigenvalue weighted by atomic mass is 16.2. The number of urea groups is 1. The number of hydrogen-bond donors (Lipinski definition) is 2. The zero-order chi connectivity index (χ0) is 21.8. The van der Waals surface area contributed by atoms with Crippen molar-refractivity contribution in [3.8, 4) is 0 Å². The van der Waals surface area contributed by atoms with Crippen molar-refractivity contribution in [2.45, 2.75) is 50.6 Å². The first-order valence-corrected chi connectivity index (χ1v) is 11.4. The average molecular weight is 428 g/mol. The molecule has 2 aliphatic heterocycles. The maximum absolute atomic E-state index is 12.7. The van der Waals surface area contributed by atoms with Gasteiger partial charge in [0.15, 0.2) is 0 Å². The molecular weight excluding hydrogens is 394 g/mol. The molecule has 3 aliphatic rings. The molecule has 1 aromatic rings. The number of para-hydroxylation sites is 1. The van der Waals surface area contributed by atoms with Gasteiger partial charge in [0.05, 0.1) is 0 Å². The Hall–Kier alpha value is -2.61. The molecule has 1 spiro atoms. The summed E-state index contributed by atoms with van der Waals surface area (Å²) in [4.78, 5) is 43.3. The van der Waals surface area contributed by atoms with Crippen molar-refractivity contribution in [3.05, 3.63) is 29.8 Å². The highest BCUT2D eigenvalue weighted by Gasteiger charge is 2.52. The highest BCUT2D eigenvalue weighted by molar-refractivity contribution is 6.07. The van der Waals surface area contributed by atoms with Crippen molar-refractivity contribution in [2.75, 3.05) is 44.7 Å². The zero-order valence-corrected chi connectivity index (χ0v) is 18.4. The summed E-state index contributed by atoms with van der Waals surface area (Å²) in [5.74, 6) is -0.174. The number of piperazine rings is 1. The number of likely N-dealkylation sites (N-methyl/N-ethyl adjacent to an activating group) is 1. The predicted octanol–water partition coefficient (Wildman–Crippen LogP) is 1.70. The summed E-state index contributed by atoms with van der Waals surface area (Å²) in [6, 6.07) is 7.89. The Morgan fingerprint density at radius 2 is 1.81 bits per heavy atom. The van der Waals surface area contributed by atoms with Crippen LogP contribution in [0.4, 0.5) is 10.5 Å². The molecule has 31 heavy (non-hydrogen) atoms. The first-order valence-electron chi connectivity index (χ1n) is 11.4. The molecule has 4 amide bonds. The molecule has 168 valence electrons. The molecule has 1 aliphatic carbocycles. The van der Waals surface area contributed by atoms with E-state index in [1.54, 1.807) is 0 Å². The first-order chi connectivity index (χ1) is 15.0. The zero-order valence-electron chi connectivity index (χ0n) is 18.4. The van der Waals surface area contributed by atoms with Gasteiger partial charge in [-0.25, -0.2) is 4.79 Å². The molecule has 2 heterocycles. The summed E-state index contributed by atoms with van der Waals surface area (Å²) in [5.41, 5.74) is 1.61. The maximum Gasteiger partial charge on any atom is 0.325 e. The predicted molar refractivity (Wildman–Crippen MR) is 119 cm³/mol. The molecule has 0 radical (unpaired) electrons. The van der Waals surface area contributed by atoms with E-state index in [9.17, 15) is 14.4 Å². The lowest BCUT2D eigenvalue weighted by Crippen LogP contribution is -2.45. The Labute approximate surface area is 183 Å². The lowest BCUT2D eigenvalue weighted by Gasteiger charge is -2.35. The minimum Gasteiger partial charge on any atom is -0.369 e. The number of carbonyl (C=O) groups excluding carboxylic acids is 3. The molecule has 0 unspecified atom stereocenters. The molecule has 4 rings (SSSR count). The van der Waals surface area contributed by atoms with E-state index < -0.39 is 5.54 Å². The summed E-state index contributed by atoms with van der Waals surface area (Å²) in [6.07, 6.45) is 4.15. The fourth-order valence-electron chi connectivity index (χ4n) is 4.89. The smallest absolute Gasteiger partial charge is 0.325 e. The van der Waals surface area contributed by atoms with Crippen LogP contribution in [0, 0.1) is 0 Å². The number of rotatable bonds is 7. The number of nitrogens with one attached hydrogen (secondary N) is 2. The summed E-state index contributed by atoms with van der Waals surface area (Å²) in [5, 5.41) is 5.89. The lowest BCUT2D eigenvalue weighted by molar-refractivity contribution is -0.131. The minimum atomic E-state index is -0.674. The van der Waals surface area contributed by atoms with Gasteiger partial charge < -0.3 is 20.4 Å². The van der Waals surface area contributed by atoms with Gasteiger partial charge in [-0.2, -0.15) is 0 Å². The maximum atomic E-state index is 12.7. The van der Waals surface area contributed by atoms with Gasteiger partial charge >= 0.3 is 6.03 Å². The second-order valence-electron chi connectivity index (χ2n) is 8.98. The number of nitrogens with zero attached hydrogens (tertiary/aromatic N) is 3. The second kappa shape index (κ2) is 9.26. The van der Waals surface area contributed by atoms with Crippen LogP contribution >= 0.6 is 0 Å². The van der Waals surface area contributed by atoms with Crippen LogP contribution in [-0.4, -0.2) is 73.0 Å². The van der Waals surface area contributed by atoms with Crippen LogP contribution in [0.1, 0.15) is 44.1 Å². The number of imide groups is 1. The Morgan fingerprint density at radius 3 is 2.55 bits per heavy atom. The monoisotopic (exact) mass is 427 g/mol. The topological polar surface area (TPSA) is 85.0 Å². The van der Waals surface area contributed by atoms with Gasteiger partial charge in [0.25, 0.3) is 5.91 Å². The van der Waals surface area contributed by atoms with Crippen molar-refractivity contribution in [3.63, 3.8) is 0 Å². The Morgan fingerprint density at radius 1 is 1.10 bits per heavy atom. The van der Waals surface area contributed by atoms with Crippen LogP contribution in [0.2, 0.25) is 0 Å². The van der Waals surface area contributed by atoms with E-state index >= 15 is 0 Å². The van der Waals surface area contributed by atoms with Gasteiger partial charge in [0.1, 0.15) is 5.54 Å². The van der Waals surface area contributed by atoms with Crippen LogP contribution in [0.25, 0.3) is 0 Å². The standard InChI is InChI=1S/C23H33N5O3/c1-26-13-15-27(16-14-26)19-8-3-2-7-18(19)17-24-20(29)9-6-12-28-21(30)23(25-22(28)31)10-4-5-11-23/h2-3,7-8H,4-6,9-17H2,1H3,(H,24,29)(H,25,31). The van der Waals surface area contributed by atoms with Gasteiger partial charge in [0.2, 0.25) is 5.91 Å². The van der Waals surface area contributed by atoms with Gasteiger partial charge in [-0.15, -0.1) is 0 Å². The van der Waals surface area contributed by atoms with E-state index in [1.165, 1.54) is 10.6 Å². The summed E-state index contributed by atoms with van der Waals surface area (Å²) >= 11 is 0. The van der Waals surface area contributed by atoms with Gasteiger partial charge in [-0.05, 0) is 37.9 Å². The van der Waals surface area contributed by atoms with Crippen molar-refractivity contribution < 1.29 is 14.4 Å². The number of amides is 4. The van der Waals surface area contributed by atoms with E-state index in [1.807, 2.05) is 12.1 Å². The average Bonchev–Trinajstić information content (AvgIpc) is 3.33. The third-order valence-corrected chi connectivity index (χ3v) is 6.80. The largest absolute Gasteiger partial charge is 0.369 e. The molecule has 8 nitrogen and oxygen atoms in total. The highest BCUT2D eigenvalue weighted by Crippen LogP contribution is 2.35. The first kappa shape index (κ1) is 21.6. The Balaban J connectivity index is 1.24. The molecule has 3 fully saturated rings. The molecule has 1 saturated carbocycles. The summed E-state index contributed by atoms with van der Waals surface area (Å²) in [6.45, 7) is 4.80. The van der Waals surface area contributed by atoms with Crippen LogP contribution in [-0.2, 0) is 16.1 Å². The molecule has 8 heteroatoms. The van der Waals surface area contributed by atoms with E-state index in [-0.39, 0.29) is 24.4 Å². The van der Waals surface area contributed by atoms with E-state index in [2.05, 4.69) is 39.6 Å². The SMILES string of the molecule is CN1CCN(c2ccccc2CNC(=O)CCCN2C(=O)NC3(CCCC3)C2=O)CC1. The minimum absolute atomic E-state index is 0.0594. The van der Waals surface area contributed by atoms with Crippen molar-refractivity contribution in [2.24, 2.45) is 0 Å². The molecule has 1 aromatic carbocycles. The van der Waals surface area contributed by atoms with Crippen LogP contribution in [0.15, 0.2) is 24.3 Å². The van der Waals surface area contributed by atoms with Gasteiger partial charge in [-0.3, -0.25) is 14.5 Å². The molecule has 0 atom stereocenters. The number of carbonyl (C=O) groups is 3. The molecule has 0 bridgehead atoms. The number of hydrogen-bond acceptors (Lipinski definition) is 5. The molecule has 2 N–H and O–H groups in total. The van der Waals surface area contributed by atoms with Crippen LogP contribution in [0.3, 0.4) is 0 Å². The van der Waals surface area contributed by atoms with E-state index in [0.29, 0.717) is 19.4 Å². The van der Waals surface area contributed by atoms with Crippen molar-refractivity contribution in [1.29, 1.82) is 0 Å². The van der Waals surface area contributed by atoms with Crippen molar-refractivity contribution >= 4 is 23.5 Å². The lowest BCUT2D eigenvalue weighted by atomic mass is 9.98. The van der Waals surface area contributed by atoms with Gasteiger partial charge in [0, 0.05) is 51.4 Å². The fourth-order valence-corrected chi connectivity index (χ4v) is 4.89. The Bertz CT molecular complexity index is 828. The molecule has 0 aromatic heterocycles. The summed E-state index contributed by atoms with van der Waals surface area (Å²) < 4.78 is 0. The quantitative estimate of drug-likeness (QED) is 0.647. The normalized spacial score (nSPS) is 21.1. The fraction of sp³-hybridized carbons (Fsp3) is 0.609. The van der Waals surface area contributed by atoms with Crippen molar-refractivity contribution in [1.82, 2.24) is 20.4 Å². The molecule has 2 saturated heterocycles.